The van der Waals surface area contributed by atoms with Gasteiger partial charge < -0.3 is 4.42 Å². The molecule has 0 fully saturated rings. The summed E-state index contributed by atoms with van der Waals surface area (Å²) < 4.78 is 62.2. The van der Waals surface area contributed by atoms with Crippen LogP contribution in [0.3, 0.4) is 0 Å². The second kappa shape index (κ2) is 6.59. The molecule has 2 aromatic heterocycles. The van der Waals surface area contributed by atoms with Crippen LogP contribution in [0.2, 0.25) is 0 Å². The highest BCUT2D eigenvalue weighted by Crippen LogP contribution is 2.36. The molecule has 0 atom stereocenters. The van der Waals surface area contributed by atoms with Crippen molar-refractivity contribution in [3.8, 4) is 11.5 Å². The molecule has 0 unspecified atom stereocenters. The second-order valence-electron chi connectivity index (χ2n) is 6.58. The van der Waals surface area contributed by atoms with E-state index in [1.165, 1.54) is 24.3 Å². The van der Waals surface area contributed by atoms with Crippen molar-refractivity contribution in [3.63, 3.8) is 0 Å². The predicted molar refractivity (Wildman–Crippen MR) is 111 cm³/mol. The summed E-state index contributed by atoms with van der Waals surface area (Å²) in [6.07, 6.45) is 1.59. The quantitative estimate of drug-likeness (QED) is 0.323. The second-order valence-corrected chi connectivity index (χ2v) is 9.01. The molecule has 0 spiro atoms. The topological polar surface area (TPSA) is 127 Å². The van der Waals surface area contributed by atoms with Crippen LogP contribution in [-0.2, 0) is 20.8 Å². The van der Waals surface area contributed by atoms with E-state index in [0.717, 1.165) is 5.39 Å². The number of oxazole rings is 1. The predicted octanol–water partition coefficient (Wildman–Crippen LogP) is 3.41. The van der Waals surface area contributed by atoms with Crippen LogP contribution in [0.25, 0.3) is 44.2 Å². The van der Waals surface area contributed by atoms with Crippen LogP contribution in [0, 0.1) is 0 Å². The number of rotatable bonds is 3. The minimum absolute atomic E-state index is 0.0157. The average Bonchev–Trinajstić information content (AvgIpc) is 3.16. The number of thiol groups is 1. The van der Waals surface area contributed by atoms with Gasteiger partial charge in [-0.1, -0.05) is 24.3 Å². The van der Waals surface area contributed by atoms with Crippen molar-refractivity contribution in [2.45, 2.75) is 9.79 Å². The van der Waals surface area contributed by atoms with Gasteiger partial charge in [-0.3, -0.25) is 9.54 Å². The van der Waals surface area contributed by atoms with Crippen LogP contribution in [0.4, 0.5) is 0 Å². The maximum absolute atomic E-state index is 12.0. The number of aromatic nitrogens is 2. The molecule has 0 aliphatic rings. The number of hydrogen-bond acceptors (Lipinski definition) is 7. The van der Waals surface area contributed by atoms with E-state index in [0.29, 0.717) is 21.9 Å². The number of para-hydroxylation sites is 1. The standard InChI is InChI=1S/C20H12N2O6S2/c23-29(24)12-5-6-13-11(9-12)10-17(30(25,26)27)19-18(13)22-20(28-19)15-7-8-21-16-4-2-1-3-14(15)16/h1-10,29H,(H,25,26,27). The number of fused-ring (bicyclic) bond motifs is 4. The van der Waals surface area contributed by atoms with Gasteiger partial charge in [0.15, 0.2) is 16.3 Å². The first kappa shape index (κ1) is 18.7. The zero-order valence-corrected chi connectivity index (χ0v) is 16.7. The van der Waals surface area contributed by atoms with E-state index in [1.807, 2.05) is 24.3 Å². The Morgan fingerprint density at radius 3 is 2.53 bits per heavy atom. The van der Waals surface area contributed by atoms with E-state index < -0.39 is 25.7 Å². The van der Waals surface area contributed by atoms with Crippen molar-refractivity contribution in [2.75, 3.05) is 0 Å². The summed E-state index contributed by atoms with van der Waals surface area (Å²) in [4.78, 5) is 8.31. The Morgan fingerprint density at radius 1 is 0.967 bits per heavy atom. The van der Waals surface area contributed by atoms with Gasteiger partial charge in [-0.2, -0.15) is 8.42 Å². The molecule has 0 radical (unpaired) electrons. The highest BCUT2D eigenvalue weighted by molar-refractivity contribution is 7.86. The third kappa shape index (κ3) is 2.93. The lowest BCUT2D eigenvalue weighted by atomic mass is 10.1. The third-order valence-corrected chi connectivity index (χ3v) is 6.35. The van der Waals surface area contributed by atoms with E-state index in [2.05, 4.69) is 9.97 Å². The minimum Gasteiger partial charge on any atom is -0.435 e. The third-order valence-electron chi connectivity index (χ3n) is 4.80. The van der Waals surface area contributed by atoms with Crippen LogP contribution in [0.15, 0.2) is 75.0 Å². The van der Waals surface area contributed by atoms with Crippen LogP contribution in [0.5, 0.6) is 0 Å². The van der Waals surface area contributed by atoms with Gasteiger partial charge in [0, 0.05) is 22.5 Å². The normalized spacial score (nSPS) is 12.3. The lowest BCUT2D eigenvalue weighted by Gasteiger charge is -2.03. The van der Waals surface area contributed by atoms with Crippen molar-refractivity contribution in [2.24, 2.45) is 0 Å². The van der Waals surface area contributed by atoms with E-state index in [4.69, 9.17) is 4.42 Å². The van der Waals surface area contributed by atoms with Gasteiger partial charge in [0.1, 0.15) is 10.4 Å². The first-order chi connectivity index (χ1) is 14.3. The first-order valence-corrected chi connectivity index (χ1v) is 11.3. The van der Waals surface area contributed by atoms with Crippen molar-refractivity contribution in [1.29, 1.82) is 0 Å². The Labute approximate surface area is 171 Å². The molecule has 0 bridgehead atoms. The fourth-order valence-electron chi connectivity index (χ4n) is 3.46. The SMILES string of the molecule is O=[SH](=O)c1ccc2c(c1)cc(S(=O)(=O)O)c1oc(-c3ccnc4ccccc34)nc12. The molecule has 0 aliphatic carbocycles. The van der Waals surface area contributed by atoms with Crippen molar-refractivity contribution >= 4 is 53.6 Å². The largest absolute Gasteiger partial charge is 0.435 e. The van der Waals surface area contributed by atoms with Gasteiger partial charge in [-0.25, -0.2) is 13.4 Å². The van der Waals surface area contributed by atoms with Crippen LogP contribution < -0.4 is 0 Å². The molecule has 10 heteroatoms. The van der Waals surface area contributed by atoms with Gasteiger partial charge in [0.05, 0.1) is 10.4 Å². The Kier molecular flexibility index (Phi) is 4.10. The van der Waals surface area contributed by atoms with Gasteiger partial charge in [0.25, 0.3) is 10.1 Å². The molecule has 3 aromatic carbocycles. The van der Waals surface area contributed by atoms with Crippen molar-refractivity contribution < 1.29 is 25.8 Å². The zero-order chi connectivity index (χ0) is 21.0. The van der Waals surface area contributed by atoms with Gasteiger partial charge in [-0.05, 0) is 35.7 Å². The summed E-state index contributed by atoms with van der Waals surface area (Å²) >= 11 is 0. The molecular weight excluding hydrogens is 428 g/mol. The summed E-state index contributed by atoms with van der Waals surface area (Å²) in [5.74, 6) is 0.153. The number of benzene rings is 3. The van der Waals surface area contributed by atoms with Crippen LogP contribution in [0.1, 0.15) is 0 Å². The molecule has 30 heavy (non-hydrogen) atoms. The molecule has 1 N–H and O–H groups in total. The van der Waals surface area contributed by atoms with Crippen LogP contribution >= 0.6 is 0 Å². The molecule has 150 valence electrons. The van der Waals surface area contributed by atoms with Gasteiger partial charge in [0.2, 0.25) is 5.89 Å². The Bertz CT molecular complexity index is 1660. The number of pyridine rings is 1. The smallest absolute Gasteiger partial charge is 0.298 e. The van der Waals surface area contributed by atoms with Crippen LogP contribution in [-0.4, -0.2) is 31.4 Å². The Morgan fingerprint density at radius 2 is 1.77 bits per heavy atom. The van der Waals surface area contributed by atoms with Crippen molar-refractivity contribution in [3.05, 3.63) is 60.8 Å². The molecule has 0 aliphatic heterocycles. The van der Waals surface area contributed by atoms with E-state index in [-0.39, 0.29) is 21.9 Å². The summed E-state index contributed by atoms with van der Waals surface area (Å²) in [6, 6.07) is 14.5. The first-order valence-electron chi connectivity index (χ1n) is 8.66. The fourth-order valence-corrected chi connectivity index (χ4v) is 4.55. The summed E-state index contributed by atoms with van der Waals surface area (Å²) in [5.41, 5.74) is 1.40. The maximum atomic E-state index is 12.0. The van der Waals surface area contributed by atoms with E-state index in [9.17, 15) is 21.4 Å². The molecule has 0 amide bonds. The monoisotopic (exact) mass is 440 g/mol. The minimum atomic E-state index is -4.66. The molecule has 2 heterocycles. The zero-order valence-electron chi connectivity index (χ0n) is 15.0. The average molecular weight is 440 g/mol. The Hall–Kier alpha value is -3.34. The highest BCUT2D eigenvalue weighted by Gasteiger charge is 2.23. The maximum Gasteiger partial charge on any atom is 0.298 e. The number of hydrogen-bond donors (Lipinski definition) is 2. The summed E-state index contributed by atoms with van der Waals surface area (Å²) in [5, 5.41) is 1.55. The molecule has 5 aromatic rings. The summed E-state index contributed by atoms with van der Waals surface area (Å²) in [7, 11) is -7.53. The lowest BCUT2D eigenvalue weighted by Crippen LogP contribution is -1.99. The summed E-state index contributed by atoms with van der Waals surface area (Å²) in [6.45, 7) is 0. The van der Waals surface area contributed by atoms with Gasteiger partial charge in [-0.15, -0.1) is 0 Å². The highest BCUT2D eigenvalue weighted by atomic mass is 32.2. The molecule has 8 nitrogen and oxygen atoms in total. The van der Waals surface area contributed by atoms with Gasteiger partial charge >= 0.3 is 0 Å². The molecular formula is C20H12N2O6S2. The van der Waals surface area contributed by atoms with Crippen molar-refractivity contribution in [1.82, 2.24) is 9.97 Å². The number of nitrogens with zero attached hydrogens (tertiary/aromatic N) is 2. The molecule has 5 rings (SSSR count). The molecule has 0 saturated heterocycles. The fraction of sp³-hybridized carbons (Fsp3) is 0. The van der Waals surface area contributed by atoms with E-state index >= 15 is 0 Å². The lowest BCUT2D eigenvalue weighted by molar-refractivity contribution is 0.482. The van der Waals surface area contributed by atoms with E-state index in [1.54, 1.807) is 12.3 Å². The molecule has 0 saturated carbocycles. The Balaban J connectivity index is 1.90.